The Balaban J connectivity index is 0.000000847. The van der Waals surface area contributed by atoms with Gasteiger partial charge in [-0.3, -0.25) is 0 Å². The molecule has 2 nitrogen and oxygen atoms in total. The number of anilines is 2. The molecule has 7 rings (SSSR count). The van der Waals surface area contributed by atoms with Crippen molar-refractivity contribution in [1.29, 1.82) is 0 Å². The van der Waals surface area contributed by atoms with E-state index in [4.69, 9.17) is 23.9 Å². The van der Waals surface area contributed by atoms with Gasteiger partial charge in [0.2, 0.25) is 0 Å². The fraction of sp³-hybridized carbons (Fsp3) is 0.250. The molecule has 2 aliphatic carbocycles. The molecule has 0 bridgehead atoms. The van der Waals surface area contributed by atoms with Crippen LogP contribution in [-0.2, 0) is 17.0 Å². The number of para-hydroxylation sites is 4. The quantitative estimate of drug-likeness (QED) is 0.159. The number of rotatable bonds is 4. The fourth-order valence-electron chi connectivity index (χ4n) is 7.95. The van der Waals surface area contributed by atoms with Gasteiger partial charge in [-0.2, -0.15) is 0 Å². The summed E-state index contributed by atoms with van der Waals surface area (Å²) < 4.78 is 2.75. The zero-order valence-electron chi connectivity index (χ0n) is 24.8. The molecule has 6 heteroatoms. The number of hydrogen-bond donors (Lipinski definition) is 0. The van der Waals surface area contributed by atoms with Crippen LogP contribution in [0, 0.1) is 25.2 Å². The van der Waals surface area contributed by atoms with Crippen LogP contribution >= 0.6 is 18.6 Å². The van der Waals surface area contributed by atoms with Gasteiger partial charge < -0.3 is 17.3 Å². The second-order valence-corrected chi connectivity index (χ2v) is 18.8. The molecule has 4 atom stereocenters. The van der Waals surface area contributed by atoms with E-state index in [0.29, 0.717) is 23.3 Å². The first-order chi connectivity index (χ1) is 20.0. The van der Waals surface area contributed by atoms with Crippen molar-refractivity contribution in [3.63, 3.8) is 0 Å². The molecule has 1 heterocycles. The predicted octanol–water partition coefficient (Wildman–Crippen LogP) is 12.3. The molecule has 3 aliphatic rings. The predicted molar refractivity (Wildman–Crippen MR) is 183 cm³/mol. The van der Waals surface area contributed by atoms with Gasteiger partial charge in [0.05, 0.1) is 0 Å². The first kappa shape index (κ1) is 31.2. The van der Waals surface area contributed by atoms with Crippen molar-refractivity contribution >= 4 is 65.9 Å². The summed E-state index contributed by atoms with van der Waals surface area (Å²) in [5.41, 5.74) is 8.37. The van der Waals surface area contributed by atoms with Gasteiger partial charge in [-0.15, -0.1) is 11.4 Å². The van der Waals surface area contributed by atoms with E-state index in [9.17, 15) is 0 Å². The van der Waals surface area contributed by atoms with E-state index < -0.39 is 25.3 Å². The van der Waals surface area contributed by atoms with E-state index in [1.165, 1.54) is 46.1 Å². The van der Waals surface area contributed by atoms with Gasteiger partial charge in [-0.25, -0.2) is 0 Å². The minimum absolute atomic E-state index is 0. The number of hydrogen-bond acceptors (Lipinski definition) is 1. The van der Waals surface area contributed by atoms with E-state index in [-0.39, 0.29) is 7.43 Å². The van der Waals surface area contributed by atoms with Crippen LogP contribution in [0.15, 0.2) is 109 Å². The first-order valence-corrected chi connectivity index (χ1v) is 21.8. The van der Waals surface area contributed by atoms with Crippen molar-refractivity contribution in [2.75, 3.05) is 4.57 Å². The molecule has 0 saturated heterocycles. The van der Waals surface area contributed by atoms with Gasteiger partial charge in [0.25, 0.3) is 0 Å². The van der Waals surface area contributed by atoms with Crippen LogP contribution < -0.4 is 4.57 Å². The van der Waals surface area contributed by atoms with Gasteiger partial charge in [-0.05, 0) is 63.8 Å². The molecule has 0 aromatic heterocycles. The molecule has 0 amide bonds. The van der Waals surface area contributed by atoms with Gasteiger partial charge in [0.1, 0.15) is 0 Å². The molecule has 1 aliphatic heterocycles. The molecule has 4 aromatic carbocycles. The van der Waals surface area contributed by atoms with Gasteiger partial charge in [0.15, 0.2) is 8.24 Å². The third-order valence-electron chi connectivity index (χ3n) is 9.46. The Bertz CT molecular complexity index is 1570. The van der Waals surface area contributed by atoms with Crippen LogP contribution in [0.4, 0.5) is 22.7 Å². The monoisotopic (exact) mass is 644 g/mol. The van der Waals surface area contributed by atoms with Crippen LogP contribution in [0.25, 0.3) is 21.7 Å². The molecule has 1 saturated carbocycles. The van der Waals surface area contributed by atoms with E-state index in [1.807, 2.05) is 0 Å². The molecule has 4 aromatic rings. The van der Waals surface area contributed by atoms with Crippen molar-refractivity contribution < 1.29 is 17.0 Å². The third-order valence-corrected chi connectivity index (χ3v) is 13.6. The van der Waals surface area contributed by atoms with Crippen LogP contribution in [0.1, 0.15) is 25.3 Å². The van der Waals surface area contributed by atoms with Crippen LogP contribution in [-0.4, -0.2) is 8.24 Å². The third kappa shape index (κ3) is 5.44. The average molecular weight is 646 g/mol. The molecule has 216 valence electrons. The molecule has 0 N–H and O–H groups in total. The topological polar surface area (TPSA) is 17.3 Å². The Labute approximate surface area is 269 Å². The maximum atomic E-state index is 5.06. The molecular formula is C36H38Cl2N2SiTi-2. The summed E-state index contributed by atoms with van der Waals surface area (Å²) in [7, 11) is 7.72. The molecule has 42 heavy (non-hydrogen) atoms. The molecule has 1 fully saturated rings. The van der Waals surface area contributed by atoms with E-state index in [2.05, 4.69) is 134 Å². The van der Waals surface area contributed by atoms with Crippen LogP contribution in [0.5, 0.6) is 0 Å². The van der Waals surface area contributed by atoms with Gasteiger partial charge in [0, 0.05) is 11.4 Å². The summed E-state index contributed by atoms with van der Waals surface area (Å²) in [6.45, 7) is 7.65. The van der Waals surface area contributed by atoms with Crippen LogP contribution in [0.2, 0.25) is 18.6 Å². The van der Waals surface area contributed by atoms with Crippen molar-refractivity contribution in [3.8, 4) is 0 Å². The number of allylic oxidation sites excluding steroid dienone is 4. The normalized spacial score (nSPS) is 21.9. The number of fused-ring (bicyclic) bond motifs is 4. The summed E-state index contributed by atoms with van der Waals surface area (Å²) in [4.78, 5) is 0. The Hall–Kier alpha value is -2.27. The van der Waals surface area contributed by atoms with E-state index >= 15 is 0 Å². The number of benzene rings is 4. The first-order valence-electron chi connectivity index (χ1n) is 14.5. The summed E-state index contributed by atoms with van der Waals surface area (Å²) in [6.07, 6.45) is 9.83. The maximum absolute atomic E-state index is 5.06. The van der Waals surface area contributed by atoms with E-state index in [1.54, 1.807) is 0 Å². The van der Waals surface area contributed by atoms with Crippen molar-refractivity contribution in [1.82, 2.24) is 0 Å². The second-order valence-electron chi connectivity index (χ2n) is 11.8. The fourth-order valence-corrected chi connectivity index (χ4v) is 12.7. The minimum atomic E-state index is -2.05. The zero-order valence-corrected chi connectivity index (χ0v) is 28.8. The van der Waals surface area contributed by atoms with Crippen molar-refractivity contribution in [2.45, 2.75) is 38.4 Å². The van der Waals surface area contributed by atoms with Crippen LogP contribution in [0.3, 0.4) is 0 Å². The van der Waals surface area contributed by atoms with Crippen molar-refractivity contribution in [2.24, 2.45) is 17.8 Å². The second kappa shape index (κ2) is 13.2. The van der Waals surface area contributed by atoms with Gasteiger partial charge >= 0.3 is 35.6 Å². The Morgan fingerprint density at radius 1 is 0.857 bits per heavy atom. The zero-order chi connectivity index (χ0) is 28.6. The summed E-state index contributed by atoms with van der Waals surface area (Å²) in [5, 5.41) is 7.77. The summed E-state index contributed by atoms with van der Waals surface area (Å²) >= 11 is -0.556. The summed E-state index contributed by atoms with van der Waals surface area (Å²) in [6, 6.07) is 33.2. The SMILES string of the molecule is CC[C@@H]1C[C@@H]2C(c3cccc4ccccc34)=CC=C[C@@H]2C1[Si](C)(C)N1c2ccccc2[N-]c2ccccc21.[CH3-].[Cl][Ti][Cl]. The number of nitrogens with zero attached hydrogens (tertiary/aromatic N) is 2. The Morgan fingerprint density at radius 2 is 1.45 bits per heavy atom. The number of halogens is 2. The molecular weight excluding hydrogens is 607 g/mol. The Kier molecular flexibility index (Phi) is 9.76. The average Bonchev–Trinajstić information content (AvgIpc) is 3.40. The standard InChI is InChI=1S/C35H35N2Si.CH3.2ClH.Ti/c1-4-24-23-30-28(27-16-11-14-25-13-5-6-15-26(25)27)17-12-18-29(30)35(24)38(2,3)37-33-21-9-7-19-31(33)36-32-20-8-10-22-34(32)37;;;;/h5-22,24,29-30,35H,4,23H2,1-3H3;1H3;2*1H;/q2*-1;;;+2/p-2/t24-,29+,30-,35?;;;;/m1..../s1. The molecule has 0 radical (unpaired) electrons. The van der Waals surface area contributed by atoms with Crippen molar-refractivity contribution in [3.05, 3.63) is 128 Å². The summed E-state index contributed by atoms with van der Waals surface area (Å²) in [5.74, 6) is 1.82. The molecule has 1 unspecified atom stereocenters. The molecule has 0 spiro atoms. The van der Waals surface area contributed by atoms with E-state index in [0.717, 1.165) is 11.4 Å². The Morgan fingerprint density at radius 3 is 2.12 bits per heavy atom. The van der Waals surface area contributed by atoms with Gasteiger partial charge in [-0.1, -0.05) is 124 Å².